The van der Waals surface area contributed by atoms with Gasteiger partial charge in [-0.25, -0.2) is 4.39 Å². The van der Waals surface area contributed by atoms with E-state index in [2.05, 4.69) is 0 Å². The first kappa shape index (κ1) is 19.9. The molecule has 0 bridgehead atoms. The van der Waals surface area contributed by atoms with Gasteiger partial charge in [0.15, 0.2) is 22.8 Å². The second-order valence-corrected chi connectivity index (χ2v) is 9.36. The molecule has 4 N–H and O–H groups in total. The van der Waals surface area contributed by atoms with Gasteiger partial charge < -0.3 is 20.4 Å². The van der Waals surface area contributed by atoms with Crippen molar-refractivity contribution in [2.24, 2.45) is 22.7 Å². The molecule has 0 spiro atoms. The maximum atomic E-state index is 16.8. The van der Waals surface area contributed by atoms with Crippen LogP contribution in [0.2, 0.25) is 0 Å². The molecule has 7 heteroatoms. The smallest absolute Gasteiger partial charge is 0.192 e. The highest BCUT2D eigenvalue weighted by atomic mass is 19.1. The first-order valence-corrected chi connectivity index (χ1v) is 9.82. The highest BCUT2D eigenvalue weighted by molar-refractivity contribution is 6.01. The van der Waals surface area contributed by atoms with Crippen molar-refractivity contribution in [1.82, 2.24) is 0 Å². The Morgan fingerprint density at radius 2 is 1.93 bits per heavy atom. The number of halogens is 1. The van der Waals surface area contributed by atoms with Gasteiger partial charge in [-0.2, -0.15) is 0 Å². The monoisotopic (exact) mass is 394 g/mol. The fraction of sp³-hybridized carbons (Fsp3) is 0.714. The van der Waals surface area contributed by atoms with Gasteiger partial charge in [-0.1, -0.05) is 18.6 Å². The summed E-state index contributed by atoms with van der Waals surface area (Å²) in [6.07, 6.45) is 1.93. The molecule has 3 fully saturated rings. The van der Waals surface area contributed by atoms with E-state index in [0.29, 0.717) is 18.4 Å². The molecule has 0 aromatic heterocycles. The maximum absolute atomic E-state index is 16.8. The lowest BCUT2D eigenvalue weighted by Crippen LogP contribution is -2.69. The summed E-state index contributed by atoms with van der Waals surface area (Å²) in [5.74, 6) is -2.38. The van der Waals surface area contributed by atoms with Gasteiger partial charge in [-0.15, -0.1) is 0 Å². The van der Waals surface area contributed by atoms with E-state index in [1.807, 2.05) is 0 Å². The van der Waals surface area contributed by atoms with E-state index >= 15 is 4.39 Å². The van der Waals surface area contributed by atoms with Crippen LogP contribution in [0.4, 0.5) is 4.39 Å². The standard InChI is InChI=1S/C21H27FO6/c1-18-6-5-12(24)7-11(18)3-4-13-14-8-15(25)21(28,17(27)10-23)19(14,2)9-16(26)20(13,18)22/h5-7,13-16,23,25-26,28H,3-4,8-10H2,1-2H3/t13-,14+,15-,16-,18+,19-,20+,21+/m1/s1. The van der Waals surface area contributed by atoms with Gasteiger partial charge in [-0.05, 0) is 50.7 Å². The van der Waals surface area contributed by atoms with Crippen molar-refractivity contribution in [3.63, 3.8) is 0 Å². The van der Waals surface area contributed by atoms with Gasteiger partial charge in [0.25, 0.3) is 0 Å². The second kappa shape index (κ2) is 5.81. The lowest BCUT2D eigenvalue weighted by Gasteiger charge is -2.62. The van der Waals surface area contributed by atoms with E-state index in [9.17, 15) is 30.0 Å². The van der Waals surface area contributed by atoms with E-state index in [4.69, 9.17) is 0 Å². The molecule has 3 saturated carbocycles. The van der Waals surface area contributed by atoms with E-state index in [1.54, 1.807) is 13.8 Å². The zero-order valence-corrected chi connectivity index (χ0v) is 16.1. The van der Waals surface area contributed by atoms with Gasteiger partial charge in [0.2, 0.25) is 0 Å². The predicted molar refractivity (Wildman–Crippen MR) is 96.8 cm³/mol. The summed E-state index contributed by atoms with van der Waals surface area (Å²) >= 11 is 0. The Morgan fingerprint density at radius 3 is 2.57 bits per heavy atom. The van der Waals surface area contributed by atoms with Crippen LogP contribution >= 0.6 is 0 Å². The Hall–Kier alpha value is -1.41. The fourth-order valence-electron chi connectivity index (χ4n) is 6.85. The average Bonchev–Trinajstić information content (AvgIpc) is 2.84. The average molecular weight is 394 g/mol. The van der Waals surface area contributed by atoms with E-state index in [0.717, 1.165) is 0 Å². The van der Waals surface area contributed by atoms with Gasteiger partial charge in [0.1, 0.15) is 6.61 Å². The number of ketones is 2. The van der Waals surface area contributed by atoms with Crippen LogP contribution in [0.15, 0.2) is 23.8 Å². The number of Topliss-reactive ketones (excluding diaryl/α,β-unsaturated/α-hetero) is 1. The summed E-state index contributed by atoms with van der Waals surface area (Å²) in [4.78, 5) is 24.2. The molecule has 0 aliphatic heterocycles. The number of allylic oxidation sites excluding steroid dienone is 4. The number of carbonyl (C=O) groups excluding carboxylic acids is 2. The Labute approximate surface area is 162 Å². The minimum Gasteiger partial charge on any atom is -0.390 e. The van der Waals surface area contributed by atoms with E-state index in [-0.39, 0.29) is 18.6 Å². The molecule has 154 valence electrons. The third-order valence-electron chi connectivity index (χ3n) is 8.43. The minimum absolute atomic E-state index is 0.0135. The quantitative estimate of drug-likeness (QED) is 0.546. The van der Waals surface area contributed by atoms with Crippen LogP contribution < -0.4 is 0 Å². The molecule has 6 nitrogen and oxygen atoms in total. The number of hydrogen-bond acceptors (Lipinski definition) is 6. The summed E-state index contributed by atoms with van der Waals surface area (Å²) in [6.45, 7) is 2.33. The highest BCUT2D eigenvalue weighted by Gasteiger charge is 2.76. The molecule has 0 aromatic carbocycles. The van der Waals surface area contributed by atoms with Crippen molar-refractivity contribution >= 4 is 11.6 Å². The zero-order chi connectivity index (χ0) is 20.7. The van der Waals surface area contributed by atoms with Crippen molar-refractivity contribution < 1.29 is 34.4 Å². The van der Waals surface area contributed by atoms with Crippen molar-refractivity contribution in [3.05, 3.63) is 23.8 Å². The Kier molecular flexibility index (Phi) is 4.13. The van der Waals surface area contributed by atoms with E-state index < -0.39 is 58.5 Å². The number of alkyl halides is 1. The molecule has 4 rings (SSSR count). The number of rotatable bonds is 2. The molecule has 4 aliphatic rings. The topological polar surface area (TPSA) is 115 Å². The van der Waals surface area contributed by atoms with Gasteiger partial charge in [0.05, 0.1) is 12.2 Å². The Balaban J connectivity index is 1.84. The van der Waals surface area contributed by atoms with Crippen LogP contribution in [0.5, 0.6) is 0 Å². The van der Waals surface area contributed by atoms with Crippen LogP contribution in [0, 0.1) is 22.7 Å². The fourth-order valence-corrected chi connectivity index (χ4v) is 6.85. The highest BCUT2D eigenvalue weighted by Crippen LogP contribution is 2.69. The third kappa shape index (κ3) is 2.01. The summed E-state index contributed by atoms with van der Waals surface area (Å²) < 4.78 is 16.8. The molecule has 0 unspecified atom stereocenters. The van der Waals surface area contributed by atoms with Gasteiger partial charge in [-0.3, -0.25) is 9.59 Å². The minimum atomic E-state index is -2.23. The van der Waals surface area contributed by atoms with Crippen LogP contribution in [-0.2, 0) is 9.59 Å². The van der Waals surface area contributed by atoms with Crippen molar-refractivity contribution in [3.8, 4) is 0 Å². The summed E-state index contributed by atoms with van der Waals surface area (Å²) in [7, 11) is 0. The lowest BCUT2D eigenvalue weighted by molar-refractivity contribution is -0.222. The maximum Gasteiger partial charge on any atom is 0.192 e. The van der Waals surface area contributed by atoms with Crippen LogP contribution in [0.3, 0.4) is 0 Å². The predicted octanol–water partition coefficient (Wildman–Crippen LogP) is 0.620. The first-order chi connectivity index (χ1) is 13.0. The van der Waals surface area contributed by atoms with Gasteiger partial charge >= 0.3 is 0 Å². The SMILES string of the molecule is C[C@]12C=CC(=O)C=C1CC[C@@H]1[C@@H]3C[C@@H](O)[C@](O)(C(=O)CO)[C@]3(C)C[C@@H](O)[C@@]12F. The molecule has 0 amide bonds. The molecular formula is C21H27FO6. The lowest BCUT2D eigenvalue weighted by atomic mass is 9.44. The molecular weight excluding hydrogens is 367 g/mol. The molecule has 0 saturated heterocycles. The molecule has 4 aliphatic carbocycles. The number of aliphatic hydroxyl groups is 4. The van der Waals surface area contributed by atoms with Crippen LogP contribution in [-0.4, -0.2) is 62.1 Å². The number of carbonyl (C=O) groups is 2. The summed E-state index contributed by atoms with van der Waals surface area (Å²) in [6, 6.07) is 0. The van der Waals surface area contributed by atoms with Crippen molar-refractivity contribution in [2.75, 3.05) is 6.61 Å². The molecule has 8 atom stereocenters. The summed E-state index contributed by atoms with van der Waals surface area (Å²) in [5, 5.41) is 42.1. The zero-order valence-electron chi connectivity index (χ0n) is 16.1. The Bertz CT molecular complexity index is 807. The Morgan fingerprint density at radius 1 is 1.25 bits per heavy atom. The molecule has 0 aromatic rings. The van der Waals surface area contributed by atoms with E-state index in [1.165, 1.54) is 18.2 Å². The second-order valence-electron chi connectivity index (χ2n) is 9.36. The number of aliphatic hydroxyl groups excluding tert-OH is 3. The largest absolute Gasteiger partial charge is 0.390 e. The molecule has 28 heavy (non-hydrogen) atoms. The number of fused-ring (bicyclic) bond motifs is 5. The van der Waals surface area contributed by atoms with Crippen LogP contribution in [0.25, 0.3) is 0 Å². The normalized spacial score (nSPS) is 52.5. The van der Waals surface area contributed by atoms with Crippen LogP contribution in [0.1, 0.15) is 39.5 Å². The molecule has 0 heterocycles. The summed E-state index contributed by atoms with van der Waals surface area (Å²) in [5.41, 5.74) is -6.12. The number of hydrogen-bond donors (Lipinski definition) is 4. The van der Waals surface area contributed by atoms with Crippen molar-refractivity contribution in [1.29, 1.82) is 0 Å². The molecule has 0 radical (unpaired) electrons. The first-order valence-electron chi connectivity index (χ1n) is 9.82. The van der Waals surface area contributed by atoms with Crippen molar-refractivity contribution in [2.45, 2.75) is 63.0 Å². The van der Waals surface area contributed by atoms with Gasteiger partial charge in [0, 0.05) is 16.7 Å². The third-order valence-corrected chi connectivity index (χ3v) is 8.43.